The van der Waals surface area contributed by atoms with Crippen molar-refractivity contribution in [2.24, 2.45) is 0 Å². The third kappa shape index (κ3) is 3.49. The maximum absolute atomic E-state index is 11.0. The zero-order chi connectivity index (χ0) is 20.4. The molecule has 0 amide bonds. The third-order valence-electron chi connectivity index (χ3n) is 5.10. The monoisotopic (exact) mass is 394 g/mol. The minimum Gasteiger partial charge on any atom is -0.497 e. The lowest BCUT2D eigenvalue weighted by Gasteiger charge is -2.10. The van der Waals surface area contributed by atoms with Crippen molar-refractivity contribution in [2.45, 2.75) is 19.3 Å². The predicted molar refractivity (Wildman–Crippen MR) is 110 cm³/mol. The molecule has 0 saturated carbocycles. The summed E-state index contributed by atoms with van der Waals surface area (Å²) in [6, 6.07) is 12.1. The van der Waals surface area contributed by atoms with Gasteiger partial charge in [-0.3, -0.25) is 10.1 Å². The minimum absolute atomic E-state index is 0.0506. The molecule has 2 aromatic carbocycles. The maximum Gasteiger partial charge on any atom is 0.269 e. The van der Waals surface area contributed by atoms with Gasteiger partial charge in [0.2, 0.25) is 0 Å². The molecule has 0 atom stereocenters. The second-order valence-electron chi connectivity index (χ2n) is 6.81. The SMILES string of the molecule is COc1ccc(OC)c(-c2nn(-c3ccc([N+](=O)[O-])cc3)c3c2CCCCN3)c1. The average Bonchev–Trinajstić information content (AvgIpc) is 2.93. The Morgan fingerprint density at radius 2 is 1.90 bits per heavy atom. The quantitative estimate of drug-likeness (QED) is 0.515. The van der Waals surface area contributed by atoms with Gasteiger partial charge in [0.05, 0.1) is 24.8 Å². The van der Waals surface area contributed by atoms with Crippen molar-refractivity contribution in [1.29, 1.82) is 0 Å². The molecule has 4 rings (SSSR count). The van der Waals surface area contributed by atoms with E-state index in [0.717, 1.165) is 59.9 Å². The van der Waals surface area contributed by atoms with Crippen molar-refractivity contribution in [2.75, 3.05) is 26.1 Å². The van der Waals surface area contributed by atoms with Crippen LogP contribution in [0.3, 0.4) is 0 Å². The number of benzene rings is 2. The van der Waals surface area contributed by atoms with Crippen LogP contribution in [-0.2, 0) is 6.42 Å². The number of aromatic nitrogens is 2. The first-order chi connectivity index (χ1) is 14.1. The van der Waals surface area contributed by atoms with E-state index in [2.05, 4.69) is 5.32 Å². The predicted octanol–water partition coefficient (Wildman–Crippen LogP) is 4.21. The number of hydrogen-bond acceptors (Lipinski definition) is 6. The zero-order valence-corrected chi connectivity index (χ0v) is 16.3. The van der Waals surface area contributed by atoms with E-state index >= 15 is 0 Å². The molecule has 0 radical (unpaired) electrons. The number of non-ortho nitro benzene ring substituents is 1. The highest BCUT2D eigenvalue weighted by Gasteiger charge is 2.24. The van der Waals surface area contributed by atoms with Gasteiger partial charge in [0.15, 0.2) is 0 Å². The highest BCUT2D eigenvalue weighted by Crippen LogP contribution is 2.39. The van der Waals surface area contributed by atoms with Crippen molar-refractivity contribution >= 4 is 11.5 Å². The largest absolute Gasteiger partial charge is 0.497 e. The molecule has 0 unspecified atom stereocenters. The molecule has 150 valence electrons. The van der Waals surface area contributed by atoms with Gasteiger partial charge in [-0.25, -0.2) is 4.68 Å². The Kier molecular flexibility index (Phi) is 5.07. The van der Waals surface area contributed by atoms with Crippen LogP contribution in [0.2, 0.25) is 0 Å². The summed E-state index contributed by atoms with van der Waals surface area (Å²) in [5, 5.41) is 19.4. The van der Waals surface area contributed by atoms with Crippen molar-refractivity contribution in [3.05, 3.63) is 58.1 Å². The summed E-state index contributed by atoms with van der Waals surface area (Å²) < 4.78 is 12.8. The van der Waals surface area contributed by atoms with Crippen LogP contribution in [0.15, 0.2) is 42.5 Å². The molecule has 8 heteroatoms. The molecule has 3 aromatic rings. The Morgan fingerprint density at radius 3 is 2.59 bits per heavy atom. The molecule has 29 heavy (non-hydrogen) atoms. The van der Waals surface area contributed by atoms with Gasteiger partial charge in [-0.2, -0.15) is 5.10 Å². The second kappa shape index (κ2) is 7.83. The van der Waals surface area contributed by atoms with Gasteiger partial charge in [-0.15, -0.1) is 0 Å². The number of nitrogens with zero attached hydrogens (tertiary/aromatic N) is 3. The molecule has 1 aliphatic rings. The summed E-state index contributed by atoms with van der Waals surface area (Å²) in [5.41, 5.74) is 3.59. The second-order valence-corrected chi connectivity index (χ2v) is 6.81. The Hall–Kier alpha value is -3.55. The zero-order valence-electron chi connectivity index (χ0n) is 16.3. The molecule has 0 bridgehead atoms. The summed E-state index contributed by atoms with van der Waals surface area (Å²) in [7, 11) is 3.26. The first-order valence-electron chi connectivity index (χ1n) is 9.45. The van der Waals surface area contributed by atoms with Crippen LogP contribution in [0.25, 0.3) is 16.9 Å². The number of ether oxygens (including phenoxy) is 2. The van der Waals surface area contributed by atoms with Crippen LogP contribution >= 0.6 is 0 Å². The van der Waals surface area contributed by atoms with E-state index in [1.807, 2.05) is 22.9 Å². The van der Waals surface area contributed by atoms with E-state index < -0.39 is 4.92 Å². The Morgan fingerprint density at radius 1 is 1.10 bits per heavy atom. The summed E-state index contributed by atoms with van der Waals surface area (Å²) in [6.07, 6.45) is 2.99. The first kappa shape index (κ1) is 18.8. The number of nitro groups is 1. The third-order valence-corrected chi connectivity index (χ3v) is 5.10. The molecular weight excluding hydrogens is 372 g/mol. The van der Waals surface area contributed by atoms with Crippen LogP contribution in [0.1, 0.15) is 18.4 Å². The molecule has 1 aliphatic heterocycles. The van der Waals surface area contributed by atoms with Gasteiger partial charge in [0.1, 0.15) is 23.0 Å². The van der Waals surface area contributed by atoms with Crippen LogP contribution in [-0.4, -0.2) is 35.5 Å². The van der Waals surface area contributed by atoms with E-state index in [-0.39, 0.29) is 5.69 Å². The molecule has 0 fully saturated rings. The van der Waals surface area contributed by atoms with E-state index in [9.17, 15) is 10.1 Å². The number of fused-ring (bicyclic) bond motifs is 1. The molecule has 0 aliphatic carbocycles. The van der Waals surface area contributed by atoms with Crippen molar-refractivity contribution in [3.8, 4) is 28.4 Å². The summed E-state index contributed by atoms with van der Waals surface area (Å²) >= 11 is 0. The van der Waals surface area contributed by atoms with Crippen molar-refractivity contribution < 1.29 is 14.4 Å². The summed E-state index contributed by atoms with van der Waals surface area (Å²) in [5.74, 6) is 2.35. The van der Waals surface area contributed by atoms with Crippen LogP contribution in [0.4, 0.5) is 11.5 Å². The Labute approximate surface area is 168 Å². The summed E-state index contributed by atoms with van der Waals surface area (Å²) in [4.78, 5) is 10.6. The minimum atomic E-state index is -0.405. The Balaban J connectivity index is 1.89. The number of rotatable bonds is 5. The van der Waals surface area contributed by atoms with Gasteiger partial charge in [-0.1, -0.05) is 0 Å². The molecule has 1 N–H and O–H groups in total. The number of hydrogen-bond donors (Lipinski definition) is 1. The molecular formula is C21H22N4O4. The molecule has 1 aromatic heterocycles. The fourth-order valence-corrected chi connectivity index (χ4v) is 3.62. The van der Waals surface area contributed by atoms with Crippen LogP contribution in [0, 0.1) is 10.1 Å². The van der Waals surface area contributed by atoms with Gasteiger partial charge < -0.3 is 14.8 Å². The van der Waals surface area contributed by atoms with E-state index in [1.165, 1.54) is 12.1 Å². The Bertz CT molecular complexity index is 1040. The van der Waals surface area contributed by atoms with Gasteiger partial charge in [0.25, 0.3) is 5.69 Å². The average molecular weight is 394 g/mol. The van der Waals surface area contributed by atoms with Crippen molar-refractivity contribution in [1.82, 2.24) is 9.78 Å². The standard InChI is InChI=1S/C21H22N4O4/c1-28-16-10-11-19(29-2)18(13-16)20-17-5-3-4-12-22-21(17)24(23-20)14-6-8-15(9-7-14)25(26)27/h6-11,13,22H,3-5,12H2,1-2H3. The van der Waals surface area contributed by atoms with Crippen molar-refractivity contribution in [3.63, 3.8) is 0 Å². The lowest BCUT2D eigenvalue weighted by Crippen LogP contribution is -2.07. The van der Waals surface area contributed by atoms with Crippen LogP contribution < -0.4 is 14.8 Å². The topological polar surface area (TPSA) is 91.5 Å². The highest BCUT2D eigenvalue weighted by atomic mass is 16.6. The fourth-order valence-electron chi connectivity index (χ4n) is 3.62. The number of nitrogens with one attached hydrogen (secondary N) is 1. The lowest BCUT2D eigenvalue weighted by molar-refractivity contribution is -0.384. The highest BCUT2D eigenvalue weighted by molar-refractivity contribution is 5.76. The molecule has 8 nitrogen and oxygen atoms in total. The van der Waals surface area contributed by atoms with Crippen LogP contribution in [0.5, 0.6) is 11.5 Å². The fraction of sp³-hybridized carbons (Fsp3) is 0.286. The smallest absolute Gasteiger partial charge is 0.269 e. The van der Waals surface area contributed by atoms with Gasteiger partial charge in [-0.05, 0) is 49.6 Å². The maximum atomic E-state index is 11.0. The van der Waals surface area contributed by atoms with E-state index in [4.69, 9.17) is 14.6 Å². The molecule has 0 saturated heterocycles. The van der Waals surface area contributed by atoms with E-state index in [0.29, 0.717) is 5.75 Å². The molecule has 2 heterocycles. The summed E-state index contributed by atoms with van der Waals surface area (Å²) in [6.45, 7) is 0.848. The van der Waals surface area contributed by atoms with Gasteiger partial charge >= 0.3 is 0 Å². The van der Waals surface area contributed by atoms with E-state index in [1.54, 1.807) is 26.4 Å². The number of anilines is 1. The number of methoxy groups -OCH3 is 2. The van der Waals surface area contributed by atoms with Gasteiger partial charge in [0, 0.05) is 29.8 Å². The lowest BCUT2D eigenvalue weighted by atomic mass is 10.0. The number of nitro benzene ring substituents is 1. The normalized spacial score (nSPS) is 13.2. The molecule has 0 spiro atoms. The first-order valence-corrected chi connectivity index (χ1v) is 9.45.